The molecule has 5 nitrogen and oxygen atoms in total. The minimum atomic E-state index is -0.175. The highest BCUT2D eigenvalue weighted by molar-refractivity contribution is 5.93. The molecule has 6 heteroatoms. The number of halogens is 1. The van der Waals surface area contributed by atoms with Gasteiger partial charge < -0.3 is 15.1 Å². The van der Waals surface area contributed by atoms with Gasteiger partial charge in [-0.05, 0) is 44.5 Å². The van der Waals surface area contributed by atoms with Crippen molar-refractivity contribution in [2.75, 3.05) is 13.1 Å². The van der Waals surface area contributed by atoms with Crippen molar-refractivity contribution in [3.63, 3.8) is 0 Å². The number of hydrogen-bond donors (Lipinski definition) is 2. The van der Waals surface area contributed by atoms with Crippen LogP contribution in [0, 0.1) is 12.8 Å². The lowest BCUT2D eigenvalue weighted by molar-refractivity contribution is 0.0886. The molecule has 2 unspecified atom stereocenters. The number of aromatic nitrogens is 1. The maximum atomic E-state index is 12.5. The second-order valence-corrected chi connectivity index (χ2v) is 5.85. The van der Waals surface area contributed by atoms with Crippen molar-refractivity contribution in [1.29, 1.82) is 0 Å². The Morgan fingerprint density at radius 2 is 2.09 bits per heavy atom. The Hall–Kier alpha value is -1.85. The van der Waals surface area contributed by atoms with Crippen molar-refractivity contribution < 1.29 is 9.21 Å². The number of nitrogens with one attached hydrogen (secondary N) is 2. The first-order chi connectivity index (χ1) is 10.6. The molecule has 23 heavy (non-hydrogen) atoms. The number of nitrogens with zero attached hydrogens (tertiary/aromatic N) is 1. The molecule has 1 aliphatic heterocycles. The topological polar surface area (TPSA) is 67.2 Å². The zero-order valence-electron chi connectivity index (χ0n) is 13.3. The SMILES string of the molecule is Cc1nc(-c2ccccc2)oc1C(=O)NC1CCNCC1C.Cl. The van der Waals surface area contributed by atoms with E-state index in [0.29, 0.717) is 23.3 Å². The molecule has 1 aromatic heterocycles. The van der Waals surface area contributed by atoms with Crippen LogP contribution in [0.3, 0.4) is 0 Å². The van der Waals surface area contributed by atoms with Gasteiger partial charge in [-0.1, -0.05) is 25.1 Å². The molecule has 124 valence electrons. The van der Waals surface area contributed by atoms with Crippen LogP contribution in [0.1, 0.15) is 29.6 Å². The zero-order valence-corrected chi connectivity index (χ0v) is 14.2. The predicted molar refractivity (Wildman–Crippen MR) is 91.8 cm³/mol. The Kier molecular flexibility index (Phi) is 5.80. The molecule has 1 amide bonds. The Morgan fingerprint density at radius 1 is 1.35 bits per heavy atom. The van der Waals surface area contributed by atoms with Gasteiger partial charge in [0.2, 0.25) is 11.7 Å². The molecule has 0 bridgehead atoms. The van der Waals surface area contributed by atoms with Crippen LogP contribution in [0.25, 0.3) is 11.5 Å². The maximum absolute atomic E-state index is 12.5. The number of amides is 1. The average Bonchev–Trinajstić information content (AvgIpc) is 2.92. The Labute approximate surface area is 142 Å². The van der Waals surface area contributed by atoms with Crippen molar-refractivity contribution >= 4 is 18.3 Å². The summed E-state index contributed by atoms with van der Waals surface area (Å²) in [6.45, 7) is 5.80. The summed E-state index contributed by atoms with van der Waals surface area (Å²) in [6.07, 6.45) is 0.936. The molecule has 1 aliphatic rings. The van der Waals surface area contributed by atoms with Gasteiger partial charge in [0.25, 0.3) is 5.91 Å². The van der Waals surface area contributed by atoms with E-state index in [4.69, 9.17) is 4.42 Å². The summed E-state index contributed by atoms with van der Waals surface area (Å²) in [5.74, 6) is 1.03. The highest BCUT2D eigenvalue weighted by atomic mass is 35.5. The van der Waals surface area contributed by atoms with Crippen LogP contribution in [0.5, 0.6) is 0 Å². The van der Waals surface area contributed by atoms with Gasteiger partial charge in [-0.25, -0.2) is 4.98 Å². The van der Waals surface area contributed by atoms with Crippen molar-refractivity contribution in [2.45, 2.75) is 26.3 Å². The standard InChI is InChI=1S/C17H21N3O2.ClH/c1-11-10-18-9-8-14(11)20-16(21)15-12(2)19-17(22-15)13-6-4-3-5-7-13;/h3-7,11,14,18H,8-10H2,1-2H3,(H,20,21);1H. The fraction of sp³-hybridized carbons (Fsp3) is 0.412. The van der Waals surface area contributed by atoms with Crippen LogP contribution in [0.15, 0.2) is 34.7 Å². The first-order valence-corrected chi connectivity index (χ1v) is 7.69. The number of carbonyl (C=O) groups is 1. The number of piperidine rings is 1. The number of aryl methyl sites for hydroxylation is 1. The molecule has 3 rings (SSSR count). The fourth-order valence-corrected chi connectivity index (χ4v) is 2.77. The molecule has 0 aliphatic carbocycles. The highest BCUT2D eigenvalue weighted by Crippen LogP contribution is 2.22. The van der Waals surface area contributed by atoms with Crippen LogP contribution < -0.4 is 10.6 Å². The Morgan fingerprint density at radius 3 is 2.78 bits per heavy atom. The third-order valence-electron chi connectivity index (χ3n) is 4.13. The van der Waals surface area contributed by atoms with Crippen molar-refractivity contribution in [3.05, 3.63) is 41.8 Å². The monoisotopic (exact) mass is 335 g/mol. The summed E-state index contributed by atoms with van der Waals surface area (Å²) < 4.78 is 5.70. The van der Waals surface area contributed by atoms with Crippen molar-refractivity contribution in [1.82, 2.24) is 15.6 Å². The highest BCUT2D eigenvalue weighted by Gasteiger charge is 2.26. The lowest BCUT2D eigenvalue weighted by Crippen LogP contribution is -2.48. The lowest BCUT2D eigenvalue weighted by atomic mass is 9.95. The van der Waals surface area contributed by atoms with E-state index in [0.717, 1.165) is 25.1 Å². The van der Waals surface area contributed by atoms with Crippen LogP contribution in [-0.4, -0.2) is 30.0 Å². The van der Waals surface area contributed by atoms with Crippen molar-refractivity contribution in [2.24, 2.45) is 5.92 Å². The third kappa shape index (κ3) is 3.92. The molecule has 0 saturated carbocycles. The third-order valence-corrected chi connectivity index (χ3v) is 4.13. The number of carbonyl (C=O) groups excluding carboxylic acids is 1. The molecule has 0 spiro atoms. The molecular formula is C17H22ClN3O2. The lowest BCUT2D eigenvalue weighted by Gasteiger charge is -2.29. The Balaban J connectivity index is 0.00000192. The van der Waals surface area contributed by atoms with Gasteiger partial charge in [-0.15, -0.1) is 12.4 Å². The molecule has 1 saturated heterocycles. The van der Waals surface area contributed by atoms with Gasteiger partial charge in [0.1, 0.15) is 0 Å². The molecule has 2 atom stereocenters. The molecule has 0 radical (unpaired) electrons. The van der Waals surface area contributed by atoms with Gasteiger partial charge in [0, 0.05) is 11.6 Å². The first-order valence-electron chi connectivity index (χ1n) is 7.69. The van der Waals surface area contributed by atoms with E-state index in [-0.39, 0.29) is 24.4 Å². The summed E-state index contributed by atoms with van der Waals surface area (Å²) in [5.41, 5.74) is 1.50. The van der Waals surface area contributed by atoms with Gasteiger partial charge in [0.15, 0.2) is 0 Å². The smallest absolute Gasteiger partial charge is 0.289 e. The van der Waals surface area contributed by atoms with Crippen molar-refractivity contribution in [3.8, 4) is 11.5 Å². The van der Waals surface area contributed by atoms with E-state index in [9.17, 15) is 4.79 Å². The number of benzene rings is 1. The van der Waals surface area contributed by atoms with E-state index in [2.05, 4.69) is 22.5 Å². The van der Waals surface area contributed by atoms with Gasteiger partial charge >= 0.3 is 0 Å². The zero-order chi connectivity index (χ0) is 15.5. The molecule has 2 N–H and O–H groups in total. The van der Waals surface area contributed by atoms with E-state index >= 15 is 0 Å². The van der Waals surface area contributed by atoms with Crippen LogP contribution in [0.2, 0.25) is 0 Å². The summed E-state index contributed by atoms with van der Waals surface area (Å²) in [5, 5.41) is 6.41. The van der Waals surface area contributed by atoms with E-state index in [1.807, 2.05) is 30.3 Å². The molecule has 2 aromatic rings. The average molecular weight is 336 g/mol. The summed E-state index contributed by atoms with van der Waals surface area (Å²) in [6, 6.07) is 9.80. The summed E-state index contributed by atoms with van der Waals surface area (Å²) in [4.78, 5) is 16.8. The minimum Gasteiger partial charge on any atom is -0.431 e. The molecule has 2 heterocycles. The number of rotatable bonds is 3. The molecule has 1 fully saturated rings. The second kappa shape index (κ2) is 7.62. The normalized spacial score (nSPS) is 20.6. The van der Waals surface area contributed by atoms with Gasteiger partial charge in [-0.2, -0.15) is 0 Å². The molecular weight excluding hydrogens is 314 g/mol. The summed E-state index contributed by atoms with van der Waals surface area (Å²) in [7, 11) is 0. The molecule has 1 aromatic carbocycles. The number of hydrogen-bond acceptors (Lipinski definition) is 4. The predicted octanol–water partition coefficient (Wildman–Crippen LogP) is 2.80. The van der Waals surface area contributed by atoms with Crippen LogP contribution in [-0.2, 0) is 0 Å². The van der Waals surface area contributed by atoms with E-state index in [1.165, 1.54) is 0 Å². The van der Waals surface area contributed by atoms with Gasteiger partial charge in [0.05, 0.1) is 5.69 Å². The first kappa shape index (κ1) is 17.5. The van der Waals surface area contributed by atoms with Crippen LogP contribution in [0.4, 0.5) is 0 Å². The summed E-state index contributed by atoms with van der Waals surface area (Å²) >= 11 is 0. The largest absolute Gasteiger partial charge is 0.431 e. The van der Waals surface area contributed by atoms with Crippen LogP contribution >= 0.6 is 12.4 Å². The number of oxazole rings is 1. The van der Waals surface area contributed by atoms with Gasteiger partial charge in [-0.3, -0.25) is 4.79 Å². The fourth-order valence-electron chi connectivity index (χ4n) is 2.77. The second-order valence-electron chi connectivity index (χ2n) is 5.85. The van der Waals surface area contributed by atoms with E-state index in [1.54, 1.807) is 6.92 Å². The maximum Gasteiger partial charge on any atom is 0.289 e. The van der Waals surface area contributed by atoms with E-state index < -0.39 is 0 Å². The quantitative estimate of drug-likeness (QED) is 0.905. The minimum absolute atomic E-state index is 0. The Bertz CT molecular complexity index is 657.